The molecule has 0 rings (SSSR count). The fourth-order valence-corrected chi connectivity index (χ4v) is 7.46. The number of aliphatic hydroxyl groups excluding tert-OH is 2. The van der Waals surface area contributed by atoms with E-state index in [2.05, 4.69) is 38.2 Å². The topological polar surface area (TPSA) is 149 Å². The van der Waals surface area contributed by atoms with E-state index >= 15 is 0 Å². The smallest absolute Gasteiger partial charge is 0.462 e. The normalized spacial score (nSPS) is 13.9. The Morgan fingerprint density at radius 1 is 0.517 bits per heavy atom. The summed E-state index contributed by atoms with van der Waals surface area (Å²) in [5.41, 5.74) is 0. The Bertz CT molecular complexity index is 1020. The van der Waals surface area contributed by atoms with E-state index in [9.17, 15) is 24.2 Å². The van der Waals surface area contributed by atoms with Gasteiger partial charge in [-0.3, -0.25) is 18.6 Å². The molecule has 0 bridgehead atoms. The number of hydrogen-bond acceptors (Lipinski definition) is 9. The van der Waals surface area contributed by atoms with Gasteiger partial charge >= 0.3 is 19.8 Å². The lowest BCUT2D eigenvalue weighted by molar-refractivity contribution is -0.161. The molecular formula is C47H89O10P. The van der Waals surface area contributed by atoms with Crippen LogP contribution >= 0.6 is 7.82 Å². The second-order valence-corrected chi connectivity index (χ2v) is 17.6. The van der Waals surface area contributed by atoms with Crippen LogP contribution in [0.5, 0.6) is 0 Å². The zero-order valence-corrected chi connectivity index (χ0v) is 38.2. The van der Waals surface area contributed by atoms with E-state index in [1.807, 2.05) is 0 Å². The Labute approximate surface area is 355 Å². The van der Waals surface area contributed by atoms with Gasteiger partial charge in [0.25, 0.3) is 0 Å². The van der Waals surface area contributed by atoms with Crippen LogP contribution in [-0.4, -0.2) is 65.7 Å². The number of unbranched alkanes of at least 4 members (excludes halogenated alkanes) is 27. The minimum atomic E-state index is -4.62. The summed E-state index contributed by atoms with van der Waals surface area (Å²) in [5, 5.41) is 18.4. The van der Waals surface area contributed by atoms with Crippen LogP contribution in [0.3, 0.4) is 0 Å². The largest absolute Gasteiger partial charge is 0.472 e. The molecular weight excluding hydrogens is 755 g/mol. The highest BCUT2D eigenvalue weighted by Crippen LogP contribution is 2.43. The number of phosphoric ester groups is 1. The average Bonchev–Trinajstić information content (AvgIpc) is 3.21. The lowest BCUT2D eigenvalue weighted by Gasteiger charge is -2.20. The van der Waals surface area contributed by atoms with Crippen molar-refractivity contribution in [1.82, 2.24) is 0 Å². The van der Waals surface area contributed by atoms with Gasteiger partial charge in [-0.15, -0.1) is 0 Å². The van der Waals surface area contributed by atoms with Crippen LogP contribution in [-0.2, 0) is 32.7 Å². The summed E-state index contributed by atoms with van der Waals surface area (Å²) in [4.78, 5) is 35.1. The SMILES string of the molecule is CCCCCC/C=C\C/C=C\CCCCCCCC(=O)OC(COC(=O)CCCCCCCCCCCCCCCCCCCCC)COP(=O)(O)OCC(O)CO. The van der Waals surface area contributed by atoms with Gasteiger partial charge < -0.3 is 24.6 Å². The van der Waals surface area contributed by atoms with Crippen molar-refractivity contribution in [2.24, 2.45) is 0 Å². The van der Waals surface area contributed by atoms with Crippen LogP contribution in [0.4, 0.5) is 0 Å². The molecule has 0 saturated heterocycles. The van der Waals surface area contributed by atoms with Crippen LogP contribution < -0.4 is 0 Å². The molecule has 0 aliphatic heterocycles. The minimum Gasteiger partial charge on any atom is -0.462 e. The van der Waals surface area contributed by atoms with Crippen molar-refractivity contribution in [3.8, 4) is 0 Å². The number of carbonyl (C=O) groups excluding carboxylic acids is 2. The molecule has 0 aromatic carbocycles. The second kappa shape index (κ2) is 43.5. The molecule has 11 heteroatoms. The van der Waals surface area contributed by atoms with Crippen molar-refractivity contribution in [3.63, 3.8) is 0 Å². The van der Waals surface area contributed by atoms with Gasteiger partial charge in [0.15, 0.2) is 6.10 Å². The first-order chi connectivity index (χ1) is 28.2. The molecule has 3 atom stereocenters. The van der Waals surface area contributed by atoms with Crippen molar-refractivity contribution in [2.75, 3.05) is 26.4 Å². The molecule has 342 valence electrons. The summed E-state index contributed by atoms with van der Waals surface area (Å²) in [7, 11) is -4.62. The van der Waals surface area contributed by atoms with E-state index in [0.29, 0.717) is 12.8 Å². The molecule has 0 aliphatic carbocycles. The van der Waals surface area contributed by atoms with Crippen molar-refractivity contribution in [1.29, 1.82) is 0 Å². The Kier molecular flexibility index (Phi) is 42.4. The molecule has 0 radical (unpaired) electrons. The van der Waals surface area contributed by atoms with Gasteiger partial charge in [0.2, 0.25) is 0 Å². The quantitative estimate of drug-likeness (QED) is 0.0234. The molecule has 0 amide bonds. The molecule has 3 N–H and O–H groups in total. The molecule has 0 aliphatic rings. The fraction of sp³-hybridized carbons (Fsp3) is 0.872. The molecule has 10 nitrogen and oxygen atoms in total. The van der Waals surface area contributed by atoms with Gasteiger partial charge in [-0.05, 0) is 44.9 Å². The predicted octanol–water partition coefficient (Wildman–Crippen LogP) is 13.0. The number of hydrogen-bond donors (Lipinski definition) is 3. The maximum atomic E-state index is 12.6. The maximum absolute atomic E-state index is 12.6. The average molecular weight is 845 g/mol. The van der Waals surface area contributed by atoms with E-state index in [1.165, 1.54) is 128 Å². The van der Waals surface area contributed by atoms with Crippen molar-refractivity contribution >= 4 is 19.8 Å². The first-order valence-corrected chi connectivity index (χ1v) is 25.3. The summed E-state index contributed by atoms with van der Waals surface area (Å²) in [5.74, 6) is -0.930. The highest BCUT2D eigenvalue weighted by atomic mass is 31.2. The lowest BCUT2D eigenvalue weighted by Crippen LogP contribution is -2.29. The van der Waals surface area contributed by atoms with Gasteiger partial charge in [-0.25, -0.2) is 4.57 Å². The standard InChI is InChI=1S/C47H89O10P/c1-3-5-7-9-11-13-15-17-19-21-22-23-25-26-28-30-32-34-36-38-46(50)54-42-45(43-56-58(52,53)55-41-44(49)40-48)57-47(51)39-37-35-33-31-29-27-24-20-18-16-14-12-10-8-6-4-2/h14,16,20,24,44-45,48-49H,3-13,15,17-19,21-23,25-43H2,1-2H3,(H,52,53)/b16-14-,24-20-. The fourth-order valence-electron chi connectivity index (χ4n) is 6.67. The monoisotopic (exact) mass is 845 g/mol. The zero-order valence-electron chi connectivity index (χ0n) is 37.3. The Morgan fingerprint density at radius 3 is 1.34 bits per heavy atom. The summed E-state index contributed by atoms with van der Waals surface area (Å²) in [6, 6.07) is 0. The number of phosphoric acid groups is 1. The van der Waals surface area contributed by atoms with Crippen molar-refractivity contribution < 1.29 is 47.8 Å². The summed E-state index contributed by atoms with van der Waals surface area (Å²) in [6.45, 7) is 2.38. The molecule has 0 aromatic heterocycles. The first kappa shape index (κ1) is 56.5. The number of esters is 2. The van der Waals surface area contributed by atoms with Crippen LogP contribution in [0.15, 0.2) is 24.3 Å². The van der Waals surface area contributed by atoms with E-state index < -0.39 is 51.8 Å². The minimum absolute atomic E-state index is 0.171. The molecule has 0 aromatic rings. The number of rotatable bonds is 45. The molecule has 0 saturated carbocycles. The summed E-state index contributed by atoms with van der Waals surface area (Å²) >= 11 is 0. The van der Waals surface area contributed by atoms with E-state index in [-0.39, 0.29) is 19.4 Å². The molecule has 0 heterocycles. The van der Waals surface area contributed by atoms with Gasteiger partial charge in [0.1, 0.15) is 12.7 Å². The molecule has 0 fully saturated rings. The zero-order chi connectivity index (χ0) is 42.6. The Morgan fingerprint density at radius 2 is 0.897 bits per heavy atom. The number of aliphatic hydroxyl groups is 2. The number of allylic oxidation sites excluding steroid dienone is 4. The van der Waals surface area contributed by atoms with E-state index in [4.69, 9.17) is 23.6 Å². The number of carbonyl (C=O) groups is 2. The lowest BCUT2D eigenvalue weighted by atomic mass is 10.0. The van der Waals surface area contributed by atoms with Crippen LogP contribution in [0.2, 0.25) is 0 Å². The van der Waals surface area contributed by atoms with Crippen LogP contribution in [0.25, 0.3) is 0 Å². The summed E-state index contributed by atoms with van der Waals surface area (Å²) in [6.07, 6.45) is 44.3. The van der Waals surface area contributed by atoms with Crippen molar-refractivity contribution in [3.05, 3.63) is 24.3 Å². The third-order valence-electron chi connectivity index (χ3n) is 10.4. The van der Waals surface area contributed by atoms with Gasteiger partial charge in [-0.2, -0.15) is 0 Å². The van der Waals surface area contributed by atoms with Gasteiger partial charge in [0.05, 0.1) is 19.8 Å². The van der Waals surface area contributed by atoms with Crippen LogP contribution in [0, 0.1) is 0 Å². The first-order valence-electron chi connectivity index (χ1n) is 23.8. The third-order valence-corrected chi connectivity index (χ3v) is 11.3. The number of ether oxygens (including phenoxy) is 2. The highest BCUT2D eigenvalue weighted by Gasteiger charge is 2.27. The van der Waals surface area contributed by atoms with E-state index in [1.54, 1.807) is 0 Å². The third kappa shape index (κ3) is 42.6. The maximum Gasteiger partial charge on any atom is 0.472 e. The highest BCUT2D eigenvalue weighted by molar-refractivity contribution is 7.47. The second-order valence-electron chi connectivity index (χ2n) is 16.1. The van der Waals surface area contributed by atoms with Crippen molar-refractivity contribution in [2.45, 2.75) is 238 Å². The van der Waals surface area contributed by atoms with Crippen LogP contribution in [0.1, 0.15) is 226 Å². The van der Waals surface area contributed by atoms with Gasteiger partial charge in [-0.1, -0.05) is 192 Å². The Hall–Kier alpha value is -1.55. The molecule has 58 heavy (non-hydrogen) atoms. The summed E-state index contributed by atoms with van der Waals surface area (Å²) < 4.78 is 32.8. The Balaban J connectivity index is 4.22. The molecule has 0 spiro atoms. The predicted molar refractivity (Wildman–Crippen MR) is 238 cm³/mol. The van der Waals surface area contributed by atoms with E-state index in [0.717, 1.165) is 57.8 Å². The van der Waals surface area contributed by atoms with Gasteiger partial charge in [0, 0.05) is 12.8 Å². The molecule has 3 unspecified atom stereocenters.